The number of rotatable bonds is 7. The van der Waals surface area contributed by atoms with E-state index in [1.54, 1.807) is 0 Å². The molecule has 1 saturated carbocycles. The Kier molecular flexibility index (Phi) is 4.48. The number of nitrogen functional groups attached to an aromatic ring is 1. The Labute approximate surface area is 110 Å². The van der Waals surface area contributed by atoms with Crippen LogP contribution in [-0.4, -0.2) is 30.6 Å². The van der Waals surface area contributed by atoms with E-state index >= 15 is 0 Å². The zero-order valence-corrected chi connectivity index (χ0v) is 11.4. The number of ether oxygens (including phenoxy) is 1. The van der Waals surface area contributed by atoms with E-state index in [9.17, 15) is 0 Å². The number of hydrogen-bond acceptors (Lipinski definition) is 3. The van der Waals surface area contributed by atoms with Gasteiger partial charge in [0, 0.05) is 19.1 Å². The minimum Gasteiger partial charge on any atom is -0.490 e. The smallest absolute Gasteiger partial charge is 0.142 e. The molecule has 1 aliphatic carbocycles. The van der Waals surface area contributed by atoms with Crippen LogP contribution in [0.4, 0.5) is 5.69 Å². The molecule has 0 aliphatic heterocycles. The van der Waals surface area contributed by atoms with Gasteiger partial charge in [-0.1, -0.05) is 12.1 Å². The van der Waals surface area contributed by atoms with Gasteiger partial charge in [0.25, 0.3) is 0 Å². The van der Waals surface area contributed by atoms with E-state index in [-0.39, 0.29) is 0 Å². The Morgan fingerprint density at radius 3 is 2.67 bits per heavy atom. The number of benzene rings is 1. The number of nitrogens with zero attached hydrogens (tertiary/aromatic N) is 1. The zero-order valence-electron chi connectivity index (χ0n) is 11.4. The lowest BCUT2D eigenvalue weighted by atomic mass is 10.2. The second-order valence-electron chi connectivity index (χ2n) is 5.42. The van der Waals surface area contributed by atoms with Crippen molar-refractivity contribution < 1.29 is 4.74 Å². The summed E-state index contributed by atoms with van der Waals surface area (Å²) in [6, 6.07) is 8.27. The van der Waals surface area contributed by atoms with Gasteiger partial charge in [0.2, 0.25) is 0 Å². The van der Waals surface area contributed by atoms with Gasteiger partial charge in [-0.05, 0) is 44.7 Å². The first-order valence-corrected chi connectivity index (χ1v) is 6.88. The number of para-hydroxylation sites is 2. The summed E-state index contributed by atoms with van der Waals surface area (Å²) in [6.07, 6.45) is 2.80. The average molecular weight is 248 g/mol. The third-order valence-electron chi connectivity index (χ3n) is 3.48. The Balaban J connectivity index is 1.77. The Morgan fingerprint density at radius 2 is 2.06 bits per heavy atom. The molecule has 0 bridgehead atoms. The molecule has 2 N–H and O–H groups in total. The number of hydrogen-bond donors (Lipinski definition) is 1. The SMILES string of the molecule is CC(C)N(CCOc1ccccc1N)CC1CC1. The van der Waals surface area contributed by atoms with Crippen molar-refractivity contribution in [3.8, 4) is 5.75 Å². The molecule has 1 fully saturated rings. The number of anilines is 1. The van der Waals surface area contributed by atoms with Crippen molar-refractivity contribution in [2.45, 2.75) is 32.7 Å². The monoisotopic (exact) mass is 248 g/mol. The van der Waals surface area contributed by atoms with Gasteiger partial charge in [-0.25, -0.2) is 0 Å². The minimum absolute atomic E-state index is 0.585. The summed E-state index contributed by atoms with van der Waals surface area (Å²) in [4.78, 5) is 2.50. The molecule has 0 spiro atoms. The first-order chi connectivity index (χ1) is 8.66. The lowest BCUT2D eigenvalue weighted by molar-refractivity contribution is 0.170. The van der Waals surface area contributed by atoms with Gasteiger partial charge < -0.3 is 10.5 Å². The van der Waals surface area contributed by atoms with Crippen molar-refractivity contribution in [2.75, 3.05) is 25.4 Å². The van der Waals surface area contributed by atoms with Crippen LogP contribution >= 0.6 is 0 Å². The fourth-order valence-electron chi connectivity index (χ4n) is 2.08. The van der Waals surface area contributed by atoms with Crippen LogP contribution < -0.4 is 10.5 Å². The molecule has 1 aromatic carbocycles. The second-order valence-corrected chi connectivity index (χ2v) is 5.42. The van der Waals surface area contributed by atoms with Crippen LogP contribution in [0.1, 0.15) is 26.7 Å². The van der Waals surface area contributed by atoms with E-state index in [1.165, 1.54) is 19.4 Å². The maximum absolute atomic E-state index is 5.85. The molecule has 0 radical (unpaired) electrons. The Morgan fingerprint density at radius 1 is 1.33 bits per heavy atom. The highest BCUT2D eigenvalue weighted by molar-refractivity contribution is 5.51. The maximum atomic E-state index is 5.85. The summed E-state index contributed by atoms with van der Waals surface area (Å²) in [7, 11) is 0. The molecule has 2 rings (SSSR count). The van der Waals surface area contributed by atoms with Crippen molar-refractivity contribution in [1.29, 1.82) is 0 Å². The average Bonchev–Trinajstić information content (AvgIpc) is 3.14. The van der Waals surface area contributed by atoms with E-state index in [0.717, 1.165) is 23.9 Å². The standard InChI is InChI=1S/C15H24N2O/c1-12(2)17(11-13-7-8-13)9-10-18-15-6-4-3-5-14(15)16/h3-6,12-13H,7-11,16H2,1-2H3. The molecule has 0 aromatic heterocycles. The highest BCUT2D eigenvalue weighted by Crippen LogP contribution is 2.30. The maximum Gasteiger partial charge on any atom is 0.142 e. The number of nitrogens with two attached hydrogens (primary N) is 1. The summed E-state index contributed by atoms with van der Waals surface area (Å²) < 4.78 is 5.75. The summed E-state index contributed by atoms with van der Waals surface area (Å²) >= 11 is 0. The third-order valence-corrected chi connectivity index (χ3v) is 3.48. The first-order valence-electron chi connectivity index (χ1n) is 6.88. The predicted octanol–water partition coefficient (Wildman–Crippen LogP) is 2.77. The fraction of sp³-hybridized carbons (Fsp3) is 0.600. The molecule has 0 unspecified atom stereocenters. The van der Waals surface area contributed by atoms with Gasteiger partial charge in [0.15, 0.2) is 0 Å². The van der Waals surface area contributed by atoms with E-state index in [4.69, 9.17) is 10.5 Å². The third kappa shape index (κ3) is 3.91. The summed E-state index contributed by atoms with van der Waals surface area (Å²) in [5, 5.41) is 0. The molecule has 100 valence electrons. The van der Waals surface area contributed by atoms with E-state index in [1.807, 2.05) is 24.3 Å². The largest absolute Gasteiger partial charge is 0.490 e. The lowest BCUT2D eigenvalue weighted by Crippen LogP contribution is -2.36. The molecule has 0 saturated heterocycles. The quantitative estimate of drug-likeness (QED) is 0.754. The Hall–Kier alpha value is -1.22. The van der Waals surface area contributed by atoms with Crippen molar-refractivity contribution in [2.24, 2.45) is 5.92 Å². The van der Waals surface area contributed by atoms with Gasteiger partial charge in [-0.15, -0.1) is 0 Å². The molecular weight excluding hydrogens is 224 g/mol. The van der Waals surface area contributed by atoms with Crippen molar-refractivity contribution in [1.82, 2.24) is 4.90 Å². The Bertz CT molecular complexity index is 375. The van der Waals surface area contributed by atoms with E-state index in [2.05, 4.69) is 18.7 Å². The van der Waals surface area contributed by atoms with Crippen molar-refractivity contribution in [3.63, 3.8) is 0 Å². The van der Waals surface area contributed by atoms with Gasteiger partial charge in [-0.3, -0.25) is 4.90 Å². The first kappa shape index (κ1) is 13.2. The highest BCUT2D eigenvalue weighted by atomic mass is 16.5. The zero-order chi connectivity index (χ0) is 13.0. The molecule has 1 aliphatic rings. The summed E-state index contributed by atoms with van der Waals surface area (Å²) in [5.74, 6) is 1.72. The van der Waals surface area contributed by atoms with Gasteiger partial charge >= 0.3 is 0 Å². The van der Waals surface area contributed by atoms with Crippen LogP contribution in [0.3, 0.4) is 0 Å². The minimum atomic E-state index is 0.585. The van der Waals surface area contributed by atoms with E-state index < -0.39 is 0 Å². The molecular formula is C15H24N2O. The van der Waals surface area contributed by atoms with Crippen molar-refractivity contribution in [3.05, 3.63) is 24.3 Å². The van der Waals surface area contributed by atoms with Crippen molar-refractivity contribution >= 4 is 5.69 Å². The lowest BCUT2D eigenvalue weighted by Gasteiger charge is -2.26. The van der Waals surface area contributed by atoms with Gasteiger partial charge in [-0.2, -0.15) is 0 Å². The van der Waals surface area contributed by atoms with Crippen LogP contribution in [0, 0.1) is 5.92 Å². The van der Waals surface area contributed by atoms with Crippen LogP contribution in [0.5, 0.6) is 5.75 Å². The fourth-order valence-corrected chi connectivity index (χ4v) is 2.08. The normalized spacial score (nSPS) is 15.3. The van der Waals surface area contributed by atoms with E-state index in [0.29, 0.717) is 12.6 Å². The van der Waals surface area contributed by atoms with Crippen LogP contribution in [0.15, 0.2) is 24.3 Å². The topological polar surface area (TPSA) is 38.5 Å². The second kappa shape index (κ2) is 6.10. The van der Waals surface area contributed by atoms with Crippen LogP contribution in [0.2, 0.25) is 0 Å². The molecule has 0 atom stereocenters. The van der Waals surface area contributed by atoms with Crippen LogP contribution in [0.25, 0.3) is 0 Å². The molecule has 0 heterocycles. The van der Waals surface area contributed by atoms with Crippen LogP contribution in [-0.2, 0) is 0 Å². The predicted molar refractivity (Wildman–Crippen MR) is 75.8 cm³/mol. The molecule has 3 heteroatoms. The van der Waals surface area contributed by atoms with Gasteiger partial charge in [0.05, 0.1) is 5.69 Å². The molecule has 1 aromatic rings. The molecule has 3 nitrogen and oxygen atoms in total. The van der Waals surface area contributed by atoms with Gasteiger partial charge in [0.1, 0.15) is 12.4 Å². The molecule has 0 amide bonds. The molecule has 18 heavy (non-hydrogen) atoms. The summed E-state index contributed by atoms with van der Waals surface area (Å²) in [5.41, 5.74) is 6.57. The highest BCUT2D eigenvalue weighted by Gasteiger charge is 2.25. The summed E-state index contributed by atoms with van der Waals surface area (Å²) in [6.45, 7) is 7.39.